The van der Waals surface area contributed by atoms with Gasteiger partial charge in [-0.3, -0.25) is 14.2 Å². The number of para-hydroxylation sites is 1. The first-order valence-electron chi connectivity index (χ1n) is 9.62. The van der Waals surface area contributed by atoms with Crippen LogP contribution in [0.15, 0.2) is 83.1 Å². The Balaban J connectivity index is 1.40. The van der Waals surface area contributed by atoms with E-state index in [0.717, 1.165) is 17.0 Å². The van der Waals surface area contributed by atoms with Gasteiger partial charge in [0.2, 0.25) is 0 Å². The monoisotopic (exact) mass is 398 g/mol. The third-order valence-electron chi connectivity index (χ3n) is 5.06. The van der Waals surface area contributed by atoms with Gasteiger partial charge in [-0.1, -0.05) is 48.5 Å². The molecule has 2 aromatic heterocycles. The molecule has 0 unspecified atom stereocenters. The molecule has 8 heteroatoms. The number of hydrogen-bond acceptors (Lipinski definition) is 5. The van der Waals surface area contributed by atoms with Crippen LogP contribution >= 0.6 is 0 Å². The van der Waals surface area contributed by atoms with Gasteiger partial charge < -0.3 is 0 Å². The number of rotatable bonds is 4. The average Bonchev–Trinajstić information content (AvgIpc) is 3.45. The number of benzene rings is 2. The van der Waals surface area contributed by atoms with Crippen LogP contribution in [0.2, 0.25) is 0 Å². The highest BCUT2D eigenvalue weighted by atomic mass is 16.2. The van der Waals surface area contributed by atoms with Crippen molar-refractivity contribution < 1.29 is 4.79 Å². The van der Waals surface area contributed by atoms with Crippen LogP contribution in [0, 0.1) is 0 Å². The van der Waals surface area contributed by atoms with Crippen molar-refractivity contribution in [2.45, 2.75) is 13.0 Å². The Hall–Kier alpha value is -4.07. The Bertz CT molecular complexity index is 1310. The minimum Gasteiger partial charge on any atom is -0.289 e. The van der Waals surface area contributed by atoms with Gasteiger partial charge in [0, 0.05) is 6.42 Å². The van der Waals surface area contributed by atoms with Gasteiger partial charge in [-0.15, -0.1) is 0 Å². The maximum Gasteiger partial charge on any atom is 0.264 e. The minimum absolute atomic E-state index is 0.121. The molecule has 8 nitrogen and oxygen atoms in total. The summed E-state index contributed by atoms with van der Waals surface area (Å²) in [6, 6.07) is 19.2. The molecule has 0 spiro atoms. The van der Waals surface area contributed by atoms with Gasteiger partial charge in [-0.2, -0.15) is 10.2 Å². The summed E-state index contributed by atoms with van der Waals surface area (Å²) in [5.41, 5.74) is 2.84. The number of aromatic nitrogens is 4. The predicted molar refractivity (Wildman–Crippen MR) is 112 cm³/mol. The normalized spacial score (nSPS) is 13.6. The first kappa shape index (κ1) is 18.0. The zero-order valence-electron chi connectivity index (χ0n) is 16.0. The van der Waals surface area contributed by atoms with Crippen molar-refractivity contribution in [1.29, 1.82) is 0 Å². The first-order valence-corrected chi connectivity index (χ1v) is 9.62. The summed E-state index contributed by atoms with van der Waals surface area (Å²) in [4.78, 5) is 30.0. The second-order valence-corrected chi connectivity index (χ2v) is 6.99. The van der Waals surface area contributed by atoms with Gasteiger partial charge in [-0.25, -0.2) is 14.7 Å². The Kier molecular flexibility index (Phi) is 4.44. The highest BCUT2D eigenvalue weighted by Gasteiger charge is 2.22. The molecule has 0 N–H and O–H groups in total. The number of amides is 1. The van der Waals surface area contributed by atoms with E-state index in [1.807, 2.05) is 60.7 Å². The molecule has 148 valence electrons. The third-order valence-corrected chi connectivity index (χ3v) is 5.06. The molecule has 1 aliphatic heterocycles. The lowest BCUT2D eigenvalue weighted by Gasteiger charge is -2.12. The Morgan fingerprint density at radius 2 is 1.73 bits per heavy atom. The molecule has 1 amide bonds. The maximum atomic E-state index is 12.9. The minimum atomic E-state index is -0.304. The van der Waals surface area contributed by atoms with Crippen LogP contribution in [0.25, 0.3) is 16.7 Å². The zero-order chi connectivity index (χ0) is 20.5. The summed E-state index contributed by atoms with van der Waals surface area (Å²) in [5.74, 6) is -0.250. The molecule has 4 aromatic rings. The van der Waals surface area contributed by atoms with Crippen molar-refractivity contribution in [3.8, 4) is 5.69 Å². The lowest BCUT2D eigenvalue weighted by Crippen LogP contribution is -2.32. The lowest BCUT2D eigenvalue weighted by atomic mass is 10.1. The van der Waals surface area contributed by atoms with E-state index >= 15 is 0 Å². The molecule has 0 bridgehead atoms. The Labute approximate surface area is 171 Å². The number of nitrogens with zero attached hydrogens (tertiary/aromatic N) is 6. The molecular weight excluding hydrogens is 380 g/mol. The van der Waals surface area contributed by atoms with E-state index in [4.69, 9.17) is 0 Å². The second-order valence-electron chi connectivity index (χ2n) is 6.99. The molecule has 0 aliphatic carbocycles. The molecule has 3 heterocycles. The van der Waals surface area contributed by atoms with Gasteiger partial charge in [-0.05, 0) is 17.7 Å². The fourth-order valence-corrected chi connectivity index (χ4v) is 3.52. The number of hydrogen-bond donors (Lipinski definition) is 0. The standard InChI is InChI=1S/C22H18N6O2/c29-20(27-12-11-19(25-27)16-7-3-1-4-8-16)14-26-15-23-21-18(22(26)30)13-24-28(21)17-9-5-2-6-10-17/h1-10,13,15H,11-12,14H2. The van der Waals surface area contributed by atoms with E-state index < -0.39 is 0 Å². The summed E-state index contributed by atoms with van der Waals surface area (Å²) in [7, 11) is 0. The molecule has 2 aromatic carbocycles. The van der Waals surface area contributed by atoms with Gasteiger partial charge in [0.05, 0.1) is 24.1 Å². The van der Waals surface area contributed by atoms with Crippen LogP contribution in [0.3, 0.4) is 0 Å². The van der Waals surface area contributed by atoms with Gasteiger partial charge in [0.1, 0.15) is 18.3 Å². The van der Waals surface area contributed by atoms with E-state index in [2.05, 4.69) is 15.2 Å². The maximum absolute atomic E-state index is 12.9. The van der Waals surface area contributed by atoms with Gasteiger partial charge in [0.15, 0.2) is 5.65 Å². The van der Waals surface area contributed by atoms with E-state index in [1.165, 1.54) is 22.1 Å². The SMILES string of the molecule is O=C(Cn1cnc2c(cnn2-c2ccccc2)c1=O)N1CCC(c2ccccc2)=N1. The van der Waals surface area contributed by atoms with Crippen molar-refractivity contribution in [3.63, 3.8) is 0 Å². The van der Waals surface area contributed by atoms with Crippen molar-refractivity contribution in [3.05, 3.63) is 89.1 Å². The van der Waals surface area contributed by atoms with Crippen molar-refractivity contribution in [1.82, 2.24) is 24.3 Å². The van der Waals surface area contributed by atoms with Crippen molar-refractivity contribution in [2.24, 2.45) is 5.10 Å². The summed E-state index contributed by atoms with van der Waals surface area (Å²) in [6.07, 6.45) is 3.56. The topological polar surface area (TPSA) is 85.4 Å². The van der Waals surface area contributed by atoms with E-state index in [0.29, 0.717) is 24.0 Å². The van der Waals surface area contributed by atoms with Crippen LogP contribution in [-0.4, -0.2) is 42.5 Å². The molecule has 0 atom stereocenters. The predicted octanol–water partition coefficient (Wildman–Crippen LogP) is 2.22. The molecule has 1 aliphatic rings. The zero-order valence-corrected chi connectivity index (χ0v) is 16.0. The van der Waals surface area contributed by atoms with Crippen molar-refractivity contribution >= 4 is 22.7 Å². The fraction of sp³-hybridized carbons (Fsp3) is 0.136. The summed E-state index contributed by atoms with van der Waals surface area (Å²) < 4.78 is 2.91. The molecular formula is C22H18N6O2. The van der Waals surface area contributed by atoms with E-state index in [9.17, 15) is 9.59 Å². The highest BCUT2D eigenvalue weighted by molar-refractivity contribution is 6.02. The number of hydrazone groups is 1. The van der Waals surface area contributed by atoms with Crippen LogP contribution < -0.4 is 5.56 Å². The quantitative estimate of drug-likeness (QED) is 0.528. The highest BCUT2D eigenvalue weighted by Crippen LogP contribution is 2.15. The number of fused-ring (bicyclic) bond motifs is 1. The van der Waals surface area contributed by atoms with Crippen LogP contribution in [0.5, 0.6) is 0 Å². The molecule has 0 radical (unpaired) electrons. The Morgan fingerprint density at radius 1 is 1.00 bits per heavy atom. The van der Waals surface area contributed by atoms with Crippen molar-refractivity contribution in [2.75, 3.05) is 6.54 Å². The molecule has 5 rings (SSSR count). The third kappa shape index (κ3) is 3.18. The molecule has 0 saturated heterocycles. The summed E-state index contributed by atoms with van der Waals surface area (Å²) in [6.45, 7) is 0.378. The smallest absolute Gasteiger partial charge is 0.264 e. The Morgan fingerprint density at radius 3 is 2.50 bits per heavy atom. The fourth-order valence-electron chi connectivity index (χ4n) is 3.52. The molecule has 0 saturated carbocycles. The van der Waals surface area contributed by atoms with Crippen LogP contribution in [0.4, 0.5) is 0 Å². The van der Waals surface area contributed by atoms with E-state index in [1.54, 1.807) is 4.68 Å². The lowest BCUT2D eigenvalue weighted by molar-refractivity contribution is -0.131. The van der Waals surface area contributed by atoms with Crippen LogP contribution in [-0.2, 0) is 11.3 Å². The summed E-state index contributed by atoms with van der Waals surface area (Å²) in [5, 5.41) is 10.5. The second kappa shape index (κ2) is 7.40. The van der Waals surface area contributed by atoms with Gasteiger partial charge >= 0.3 is 0 Å². The molecule has 30 heavy (non-hydrogen) atoms. The first-order chi connectivity index (χ1) is 14.7. The number of carbonyl (C=O) groups excluding carboxylic acids is 1. The number of carbonyl (C=O) groups is 1. The largest absolute Gasteiger partial charge is 0.289 e. The van der Waals surface area contributed by atoms with E-state index in [-0.39, 0.29) is 18.0 Å². The van der Waals surface area contributed by atoms with Crippen LogP contribution in [0.1, 0.15) is 12.0 Å². The summed E-state index contributed by atoms with van der Waals surface area (Å²) >= 11 is 0. The average molecular weight is 398 g/mol. The van der Waals surface area contributed by atoms with Gasteiger partial charge in [0.25, 0.3) is 11.5 Å². The molecule has 0 fully saturated rings.